The highest BCUT2D eigenvalue weighted by molar-refractivity contribution is 7.89. The van der Waals surface area contributed by atoms with Crippen molar-refractivity contribution in [1.29, 1.82) is 5.26 Å². The van der Waals surface area contributed by atoms with E-state index in [1.807, 2.05) is 12.1 Å². The normalized spacial score (nSPS) is 15.2. The Bertz CT molecular complexity index is 1290. The highest BCUT2D eigenvalue weighted by Crippen LogP contribution is 2.30. The first-order valence-electron chi connectivity index (χ1n) is 11.4. The number of nitrogens with zero attached hydrogens (tertiary/aromatic N) is 4. The summed E-state index contributed by atoms with van der Waals surface area (Å²) in [5, 5.41) is 12.9. The average molecular weight is 496 g/mol. The Balaban J connectivity index is 1.55. The monoisotopic (exact) mass is 495 g/mol. The summed E-state index contributed by atoms with van der Waals surface area (Å²) in [5.74, 6) is 1.35. The van der Waals surface area contributed by atoms with E-state index >= 15 is 0 Å². The van der Waals surface area contributed by atoms with Gasteiger partial charge in [-0.15, -0.1) is 0 Å². The third-order valence-corrected chi connectivity index (χ3v) is 7.98. The number of hydrogen-bond donors (Lipinski definition) is 1. The molecule has 0 amide bonds. The number of benzene rings is 2. The van der Waals surface area contributed by atoms with Crippen molar-refractivity contribution in [3.05, 3.63) is 59.8 Å². The van der Waals surface area contributed by atoms with Gasteiger partial charge in [0, 0.05) is 26.2 Å². The molecule has 10 heteroatoms. The number of rotatable bonds is 9. The van der Waals surface area contributed by atoms with Gasteiger partial charge >= 0.3 is 0 Å². The molecule has 1 N–H and O–H groups in total. The standard InChI is InChI=1S/C25H29N5O4S/c1-29(2)35(31,32)21-12-8-19(9-13-21)24-28-22(16-26)25(34-24)27-17-23(30-14-4-5-15-30)18-6-10-20(33-3)11-7-18/h6-13,23,27H,4-5,14-15,17H2,1-3H3. The molecule has 0 spiro atoms. The summed E-state index contributed by atoms with van der Waals surface area (Å²) < 4.78 is 37.0. The minimum absolute atomic E-state index is 0.0963. The molecule has 1 aromatic heterocycles. The second-order valence-corrected chi connectivity index (χ2v) is 10.7. The molecule has 2 heterocycles. The van der Waals surface area contributed by atoms with E-state index in [2.05, 4.69) is 33.4 Å². The van der Waals surface area contributed by atoms with Crippen molar-refractivity contribution in [1.82, 2.24) is 14.2 Å². The molecule has 1 atom stereocenters. The zero-order valence-electron chi connectivity index (χ0n) is 20.1. The van der Waals surface area contributed by atoms with Gasteiger partial charge in [-0.1, -0.05) is 12.1 Å². The topological polar surface area (TPSA) is 112 Å². The van der Waals surface area contributed by atoms with Gasteiger partial charge in [-0.3, -0.25) is 4.90 Å². The lowest BCUT2D eigenvalue weighted by atomic mass is 10.1. The second-order valence-electron chi connectivity index (χ2n) is 8.53. The van der Waals surface area contributed by atoms with E-state index in [4.69, 9.17) is 9.15 Å². The number of sulfonamides is 1. The van der Waals surface area contributed by atoms with Gasteiger partial charge in [-0.25, -0.2) is 12.7 Å². The molecule has 1 aliphatic rings. The van der Waals surface area contributed by atoms with Gasteiger partial charge < -0.3 is 14.5 Å². The molecular formula is C25H29N5O4S. The number of likely N-dealkylation sites (tertiary alicyclic amines) is 1. The van der Waals surface area contributed by atoms with Crippen LogP contribution in [0, 0.1) is 11.3 Å². The van der Waals surface area contributed by atoms with E-state index in [1.165, 1.54) is 26.2 Å². The molecule has 0 radical (unpaired) electrons. The van der Waals surface area contributed by atoms with E-state index in [0.29, 0.717) is 18.0 Å². The van der Waals surface area contributed by atoms with Crippen LogP contribution in [0.5, 0.6) is 5.75 Å². The number of aromatic nitrogens is 1. The molecule has 1 unspecified atom stereocenters. The molecule has 3 aromatic rings. The van der Waals surface area contributed by atoms with Crippen LogP contribution in [0.25, 0.3) is 11.5 Å². The smallest absolute Gasteiger partial charge is 0.242 e. The number of methoxy groups -OCH3 is 1. The number of nitriles is 1. The summed E-state index contributed by atoms with van der Waals surface area (Å²) >= 11 is 0. The van der Waals surface area contributed by atoms with Crippen LogP contribution in [0.4, 0.5) is 5.88 Å². The van der Waals surface area contributed by atoms with Crippen LogP contribution in [0.3, 0.4) is 0 Å². The third kappa shape index (κ3) is 5.32. The number of oxazole rings is 1. The Morgan fingerprint density at radius 2 is 1.80 bits per heavy atom. The Morgan fingerprint density at radius 3 is 2.37 bits per heavy atom. The molecule has 0 aliphatic carbocycles. The van der Waals surface area contributed by atoms with Gasteiger partial charge in [-0.2, -0.15) is 10.2 Å². The van der Waals surface area contributed by atoms with Crippen LogP contribution >= 0.6 is 0 Å². The molecule has 35 heavy (non-hydrogen) atoms. The van der Waals surface area contributed by atoms with E-state index < -0.39 is 10.0 Å². The molecule has 0 saturated carbocycles. The van der Waals surface area contributed by atoms with Gasteiger partial charge in [-0.05, 0) is 67.9 Å². The lowest BCUT2D eigenvalue weighted by Gasteiger charge is -2.28. The molecule has 9 nitrogen and oxygen atoms in total. The largest absolute Gasteiger partial charge is 0.497 e. The number of hydrogen-bond acceptors (Lipinski definition) is 8. The lowest BCUT2D eigenvalue weighted by molar-refractivity contribution is 0.255. The summed E-state index contributed by atoms with van der Waals surface area (Å²) in [4.78, 5) is 6.91. The summed E-state index contributed by atoms with van der Waals surface area (Å²) in [5.41, 5.74) is 1.88. The fourth-order valence-corrected chi connectivity index (χ4v) is 5.05. The van der Waals surface area contributed by atoms with Crippen LogP contribution in [0.2, 0.25) is 0 Å². The van der Waals surface area contributed by atoms with E-state index in [-0.39, 0.29) is 22.5 Å². The first-order chi connectivity index (χ1) is 16.8. The van der Waals surface area contributed by atoms with Crippen molar-refractivity contribution in [2.75, 3.05) is 46.2 Å². The Kier molecular flexibility index (Phi) is 7.40. The van der Waals surface area contributed by atoms with E-state index in [0.717, 1.165) is 41.5 Å². The zero-order valence-corrected chi connectivity index (χ0v) is 20.9. The van der Waals surface area contributed by atoms with Gasteiger partial charge in [0.15, 0.2) is 0 Å². The molecule has 1 aliphatic heterocycles. The Labute approximate surface area is 206 Å². The number of nitrogens with one attached hydrogen (secondary N) is 1. The van der Waals surface area contributed by atoms with Crippen LogP contribution < -0.4 is 10.1 Å². The second kappa shape index (κ2) is 10.5. The van der Waals surface area contributed by atoms with Crippen molar-refractivity contribution < 1.29 is 17.6 Å². The fourth-order valence-electron chi connectivity index (χ4n) is 4.15. The highest BCUT2D eigenvalue weighted by Gasteiger charge is 2.25. The maximum Gasteiger partial charge on any atom is 0.242 e. The molecular weight excluding hydrogens is 466 g/mol. The van der Waals surface area contributed by atoms with Crippen LogP contribution in [0.1, 0.15) is 30.1 Å². The Morgan fingerprint density at radius 1 is 1.14 bits per heavy atom. The molecule has 4 rings (SSSR count). The Hall–Kier alpha value is -3.39. The predicted octanol–water partition coefficient (Wildman–Crippen LogP) is 3.72. The van der Waals surface area contributed by atoms with Gasteiger partial charge in [0.1, 0.15) is 11.8 Å². The van der Waals surface area contributed by atoms with E-state index in [9.17, 15) is 13.7 Å². The lowest BCUT2D eigenvalue weighted by Crippen LogP contribution is -2.31. The van der Waals surface area contributed by atoms with Crippen molar-refractivity contribution in [2.24, 2.45) is 0 Å². The molecule has 1 fully saturated rings. The molecule has 184 valence electrons. The van der Waals surface area contributed by atoms with Gasteiger partial charge in [0.05, 0.1) is 18.0 Å². The SMILES string of the molecule is COc1ccc(C(CNc2oc(-c3ccc(S(=O)(=O)N(C)C)cc3)nc2C#N)N2CCCC2)cc1. The number of anilines is 1. The summed E-state index contributed by atoms with van der Waals surface area (Å²) in [6.07, 6.45) is 2.31. The van der Waals surface area contributed by atoms with Crippen LogP contribution in [-0.4, -0.2) is 63.4 Å². The minimum atomic E-state index is -3.54. The maximum atomic E-state index is 12.3. The van der Waals surface area contributed by atoms with Gasteiger partial charge in [0.2, 0.25) is 27.5 Å². The highest BCUT2D eigenvalue weighted by atomic mass is 32.2. The number of ether oxygens (including phenoxy) is 1. The van der Waals surface area contributed by atoms with Crippen LogP contribution in [-0.2, 0) is 10.0 Å². The summed E-state index contributed by atoms with van der Waals surface area (Å²) in [7, 11) is 1.08. The molecule has 1 saturated heterocycles. The summed E-state index contributed by atoms with van der Waals surface area (Å²) in [6.45, 7) is 2.55. The predicted molar refractivity (Wildman–Crippen MR) is 133 cm³/mol. The maximum absolute atomic E-state index is 12.3. The van der Waals surface area contributed by atoms with Crippen molar-refractivity contribution in [2.45, 2.75) is 23.8 Å². The van der Waals surface area contributed by atoms with E-state index in [1.54, 1.807) is 19.2 Å². The molecule has 2 aromatic carbocycles. The summed E-state index contributed by atoms with van der Waals surface area (Å²) in [6, 6.07) is 16.4. The quantitative estimate of drug-likeness (QED) is 0.478. The van der Waals surface area contributed by atoms with Gasteiger partial charge in [0.25, 0.3) is 0 Å². The third-order valence-electron chi connectivity index (χ3n) is 6.15. The molecule has 0 bridgehead atoms. The zero-order chi connectivity index (χ0) is 25.0. The fraction of sp³-hybridized carbons (Fsp3) is 0.360. The first-order valence-corrected chi connectivity index (χ1v) is 12.8. The average Bonchev–Trinajstić information content (AvgIpc) is 3.55. The van der Waals surface area contributed by atoms with Crippen molar-refractivity contribution >= 4 is 15.9 Å². The van der Waals surface area contributed by atoms with Crippen LogP contribution in [0.15, 0.2) is 57.8 Å². The van der Waals surface area contributed by atoms with Crippen molar-refractivity contribution in [3.63, 3.8) is 0 Å². The first kappa shape index (κ1) is 24.7. The minimum Gasteiger partial charge on any atom is -0.497 e. The van der Waals surface area contributed by atoms with Crippen molar-refractivity contribution in [3.8, 4) is 23.3 Å².